The zero-order valence-electron chi connectivity index (χ0n) is 9.75. The molecule has 0 aliphatic carbocycles. The highest BCUT2D eigenvalue weighted by Gasteiger charge is 2.13. The SMILES string of the molecule is CCCC[C@H](N)C(=O)NCC(=O)N(C)C. The highest BCUT2D eigenvalue weighted by molar-refractivity contribution is 5.87. The Labute approximate surface area is 91.0 Å². The van der Waals surface area contributed by atoms with Gasteiger partial charge in [0, 0.05) is 14.1 Å². The van der Waals surface area contributed by atoms with Crippen LogP contribution in [0, 0.1) is 0 Å². The van der Waals surface area contributed by atoms with Gasteiger partial charge in [0.2, 0.25) is 11.8 Å². The minimum Gasteiger partial charge on any atom is -0.347 e. The molecule has 0 saturated heterocycles. The predicted molar refractivity (Wildman–Crippen MR) is 59.2 cm³/mol. The summed E-state index contributed by atoms with van der Waals surface area (Å²) in [5, 5.41) is 2.52. The van der Waals surface area contributed by atoms with Crippen molar-refractivity contribution in [3.05, 3.63) is 0 Å². The van der Waals surface area contributed by atoms with Gasteiger partial charge in [-0.2, -0.15) is 0 Å². The van der Waals surface area contributed by atoms with Crippen molar-refractivity contribution in [3.63, 3.8) is 0 Å². The summed E-state index contributed by atoms with van der Waals surface area (Å²) in [7, 11) is 3.29. The molecule has 5 heteroatoms. The van der Waals surface area contributed by atoms with Crippen LogP contribution in [0.2, 0.25) is 0 Å². The van der Waals surface area contributed by atoms with Crippen LogP contribution < -0.4 is 11.1 Å². The molecule has 0 heterocycles. The fourth-order valence-corrected chi connectivity index (χ4v) is 1.01. The molecule has 0 aromatic heterocycles. The number of carbonyl (C=O) groups is 2. The van der Waals surface area contributed by atoms with E-state index < -0.39 is 6.04 Å². The molecule has 0 aromatic carbocycles. The molecule has 88 valence electrons. The lowest BCUT2D eigenvalue weighted by Crippen LogP contribution is -2.44. The van der Waals surface area contributed by atoms with Crippen LogP contribution in [0.4, 0.5) is 0 Å². The summed E-state index contributed by atoms with van der Waals surface area (Å²) in [5.74, 6) is -0.385. The lowest BCUT2D eigenvalue weighted by atomic mass is 10.1. The standard InChI is InChI=1S/C10H21N3O2/c1-4-5-6-8(11)10(15)12-7-9(14)13(2)3/h8H,4-7,11H2,1-3H3,(H,12,15)/t8-/m0/s1. The van der Waals surface area contributed by atoms with Crippen molar-refractivity contribution in [1.82, 2.24) is 10.2 Å². The summed E-state index contributed by atoms with van der Waals surface area (Å²) in [6.07, 6.45) is 2.60. The Morgan fingerprint density at radius 1 is 1.40 bits per heavy atom. The molecule has 15 heavy (non-hydrogen) atoms. The van der Waals surface area contributed by atoms with Crippen molar-refractivity contribution >= 4 is 11.8 Å². The van der Waals surface area contributed by atoms with Crippen LogP contribution in [-0.2, 0) is 9.59 Å². The van der Waals surface area contributed by atoms with E-state index in [1.807, 2.05) is 6.92 Å². The summed E-state index contributed by atoms with van der Waals surface area (Å²) in [5.41, 5.74) is 5.63. The molecule has 5 nitrogen and oxygen atoms in total. The van der Waals surface area contributed by atoms with E-state index >= 15 is 0 Å². The molecular formula is C10H21N3O2. The van der Waals surface area contributed by atoms with Crippen molar-refractivity contribution < 1.29 is 9.59 Å². The van der Waals surface area contributed by atoms with Crippen molar-refractivity contribution in [2.45, 2.75) is 32.2 Å². The van der Waals surface area contributed by atoms with Gasteiger partial charge in [-0.1, -0.05) is 19.8 Å². The van der Waals surface area contributed by atoms with Crippen molar-refractivity contribution in [1.29, 1.82) is 0 Å². The third-order valence-corrected chi connectivity index (χ3v) is 2.12. The van der Waals surface area contributed by atoms with Crippen molar-refractivity contribution in [2.75, 3.05) is 20.6 Å². The number of nitrogens with zero attached hydrogens (tertiary/aromatic N) is 1. The van der Waals surface area contributed by atoms with Crippen LogP contribution in [-0.4, -0.2) is 43.4 Å². The average Bonchev–Trinajstić information content (AvgIpc) is 2.21. The maximum absolute atomic E-state index is 11.4. The minimum absolute atomic E-state index is 0.0195. The zero-order chi connectivity index (χ0) is 11.8. The van der Waals surface area contributed by atoms with Crippen molar-refractivity contribution in [3.8, 4) is 0 Å². The lowest BCUT2D eigenvalue weighted by Gasteiger charge is -2.13. The van der Waals surface area contributed by atoms with E-state index in [9.17, 15) is 9.59 Å². The molecule has 0 bridgehead atoms. The fourth-order valence-electron chi connectivity index (χ4n) is 1.01. The third-order valence-electron chi connectivity index (χ3n) is 2.12. The molecule has 0 spiro atoms. The van der Waals surface area contributed by atoms with Gasteiger partial charge in [0.05, 0.1) is 12.6 Å². The van der Waals surface area contributed by atoms with E-state index in [1.54, 1.807) is 14.1 Å². The normalized spacial score (nSPS) is 12.0. The van der Waals surface area contributed by atoms with Gasteiger partial charge < -0.3 is 16.0 Å². The van der Waals surface area contributed by atoms with Gasteiger partial charge in [0.15, 0.2) is 0 Å². The Balaban J connectivity index is 3.78. The van der Waals surface area contributed by atoms with Crippen LogP contribution >= 0.6 is 0 Å². The number of unbranched alkanes of at least 4 members (excludes halogenated alkanes) is 1. The highest BCUT2D eigenvalue weighted by atomic mass is 16.2. The maximum atomic E-state index is 11.4. The number of rotatable bonds is 6. The number of likely N-dealkylation sites (N-methyl/N-ethyl adjacent to an activating group) is 1. The minimum atomic E-state index is -0.500. The summed E-state index contributed by atoms with van der Waals surface area (Å²) in [4.78, 5) is 24.0. The molecule has 0 aliphatic rings. The Bertz CT molecular complexity index is 217. The topological polar surface area (TPSA) is 75.4 Å². The first-order chi connectivity index (χ1) is 6.99. The summed E-state index contributed by atoms with van der Waals surface area (Å²) in [6.45, 7) is 2.06. The first-order valence-electron chi connectivity index (χ1n) is 5.22. The van der Waals surface area contributed by atoms with Gasteiger partial charge in [-0.3, -0.25) is 9.59 Å². The van der Waals surface area contributed by atoms with Gasteiger partial charge in [0.25, 0.3) is 0 Å². The number of amides is 2. The molecule has 0 fully saturated rings. The summed E-state index contributed by atoms with van der Waals surface area (Å²) >= 11 is 0. The molecule has 0 rings (SSSR count). The first kappa shape index (κ1) is 13.9. The average molecular weight is 215 g/mol. The van der Waals surface area contributed by atoms with E-state index in [2.05, 4.69) is 5.32 Å². The number of nitrogens with one attached hydrogen (secondary N) is 1. The number of carbonyl (C=O) groups excluding carboxylic acids is 2. The molecule has 3 N–H and O–H groups in total. The lowest BCUT2D eigenvalue weighted by molar-refractivity contribution is -0.131. The van der Waals surface area contributed by atoms with Crippen LogP contribution in [0.1, 0.15) is 26.2 Å². The second-order valence-electron chi connectivity index (χ2n) is 3.75. The van der Waals surface area contributed by atoms with Crippen LogP contribution in [0.5, 0.6) is 0 Å². The molecule has 1 atom stereocenters. The molecule has 0 saturated carbocycles. The predicted octanol–water partition coefficient (Wildman–Crippen LogP) is -0.292. The van der Waals surface area contributed by atoms with Crippen molar-refractivity contribution in [2.24, 2.45) is 5.73 Å². The van der Waals surface area contributed by atoms with Crippen LogP contribution in [0.3, 0.4) is 0 Å². The highest BCUT2D eigenvalue weighted by Crippen LogP contribution is 1.97. The Morgan fingerprint density at radius 2 is 2.00 bits per heavy atom. The zero-order valence-corrected chi connectivity index (χ0v) is 9.75. The number of hydrogen-bond donors (Lipinski definition) is 2. The van der Waals surface area contributed by atoms with Crippen LogP contribution in [0.15, 0.2) is 0 Å². The second kappa shape index (κ2) is 7.23. The largest absolute Gasteiger partial charge is 0.347 e. The number of hydrogen-bond acceptors (Lipinski definition) is 3. The molecule has 0 unspecified atom stereocenters. The Kier molecular flexibility index (Phi) is 6.70. The summed E-state index contributed by atoms with van der Waals surface area (Å²) < 4.78 is 0. The van der Waals surface area contributed by atoms with Gasteiger partial charge in [-0.15, -0.1) is 0 Å². The van der Waals surface area contributed by atoms with E-state index in [0.29, 0.717) is 6.42 Å². The van der Waals surface area contributed by atoms with Gasteiger partial charge in [-0.05, 0) is 6.42 Å². The maximum Gasteiger partial charge on any atom is 0.241 e. The van der Waals surface area contributed by atoms with E-state index in [4.69, 9.17) is 5.73 Å². The van der Waals surface area contributed by atoms with Gasteiger partial charge in [0.1, 0.15) is 0 Å². The Morgan fingerprint density at radius 3 is 2.47 bits per heavy atom. The fraction of sp³-hybridized carbons (Fsp3) is 0.800. The van der Waals surface area contributed by atoms with Gasteiger partial charge >= 0.3 is 0 Å². The van der Waals surface area contributed by atoms with E-state index in [-0.39, 0.29) is 18.4 Å². The van der Waals surface area contributed by atoms with Crippen LogP contribution in [0.25, 0.3) is 0 Å². The third kappa shape index (κ3) is 6.06. The monoisotopic (exact) mass is 215 g/mol. The molecule has 0 aromatic rings. The second-order valence-corrected chi connectivity index (χ2v) is 3.75. The first-order valence-corrected chi connectivity index (χ1v) is 5.22. The number of nitrogens with two attached hydrogens (primary N) is 1. The quantitative estimate of drug-likeness (QED) is 0.639. The smallest absolute Gasteiger partial charge is 0.241 e. The van der Waals surface area contributed by atoms with Gasteiger partial charge in [-0.25, -0.2) is 0 Å². The molecule has 0 radical (unpaired) electrons. The van der Waals surface area contributed by atoms with E-state index in [0.717, 1.165) is 12.8 Å². The van der Waals surface area contributed by atoms with E-state index in [1.165, 1.54) is 4.90 Å². The molecule has 0 aliphatic heterocycles. The Hall–Kier alpha value is -1.10. The molecule has 2 amide bonds. The molecular weight excluding hydrogens is 194 g/mol. The summed E-state index contributed by atoms with van der Waals surface area (Å²) in [6, 6.07) is -0.500.